The minimum atomic E-state index is 0.0822. The minimum Gasteiger partial charge on any atom is -0.508 e. The smallest absolute Gasteiger partial charge is 0.115 e. The summed E-state index contributed by atoms with van der Waals surface area (Å²) in [6.07, 6.45) is 0.886. The van der Waals surface area contributed by atoms with E-state index in [1.54, 1.807) is 24.3 Å². The van der Waals surface area contributed by atoms with Gasteiger partial charge in [0.25, 0.3) is 0 Å². The largest absolute Gasteiger partial charge is 0.508 e. The lowest BCUT2D eigenvalue weighted by molar-refractivity contribution is 0.474. The number of aromatic hydroxyl groups is 2. The molecule has 0 aliphatic rings. The fraction of sp³-hybridized carbons (Fsp3) is 0.111. The summed E-state index contributed by atoms with van der Waals surface area (Å²) in [4.78, 5) is 0. The Bertz CT molecular complexity index is 978. The Morgan fingerprint density at radius 3 is 1.41 bits per heavy atom. The monoisotopic (exact) mass is 380 g/mol. The molecule has 0 saturated heterocycles. The van der Waals surface area contributed by atoms with Gasteiger partial charge in [-0.3, -0.25) is 0 Å². The van der Waals surface area contributed by atoms with Crippen molar-refractivity contribution in [3.8, 4) is 11.5 Å². The van der Waals surface area contributed by atoms with Crippen LogP contribution in [0.5, 0.6) is 11.5 Å². The fourth-order valence-corrected chi connectivity index (χ4v) is 4.02. The van der Waals surface area contributed by atoms with Crippen LogP contribution in [0.3, 0.4) is 0 Å². The molecular weight excluding hydrogens is 356 g/mol. The van der Waals surface area contributed by atoms with E-state index in [1.807, 2.05) is 36.4 Å². The molecule has 0 spiro atoms. The molecule has 1 atom stereocenters. The van der Waals surface area contributed by atoms with Crippen molar-refractivity contribution in [1.29, 1.82) is 0 Å². The molecule has 2 nitrogen and oxygen atoms in total. The number of hydrogen-bond donors (Lipinski definition) is 2. The van der Waals surface area contributed by atoms with Gasteiger partial charge >= 0.3 is 0 Å². The first-order valence-corrected chi connectivity index (χ1v) is 9.87. The lowest BCUT2D eigenvalue weighted by atomic mass is 9.74. The molecule has 4 aromatic rings. The molecule has 0 amide bonds. The van der Waals surface area contributed by atoms with Crippen LogP contribution in [0.25, 0.3) is 0 Å². The Morgan fingerprint density at radius 2 is 0.931 bits per heavy atom. The first-order chi connectivity index (χ1) is 14.2. The minimum absolute atomic E-state index is 0.0822. The molecule has 0 saturated carbocycles. The first kappa shape index (κ1) is 18.8. The lowest BCUT2D eigenvalue weighted by Crippen LogP contribution is -2.15. The van der Waals surface area contributed by atoms with Gasteiger partial charge in [-0.05, 0) is 58.9 Å². The van der Waals surface area contributed by atoms with Crippen LogP contribution in [0, 0.1) is 0 Å². The van der Waals surface area contributed by atoms with Crippen LogP contribution < -0.4 is 0 Å². The number of phenolic OH excluding ortho intramolecular Hbond substituents is 2. The maximum Gasteiger partial charge on any atom is 0.115 e. The average Bonchev–Trinajstić information content (AvgIpc) is 2.77. The molecule has 144 valence electrons. The third-order valence-corrected chi connectivity index (χ3v) is 5.43. The highest BCUT2D eigenvalue weighted by Gasteiger charge is 2.27. The van der Waals surface area contributed by atoms with Crippen LogP contribution in [-0.2, 0) is 6.42 Å². The molecule has 1 unspecified atom stereocenters. The average molecular weight is 380 g/mol. The van der Waals surface area contributed by atoms with Crippen molar-refractivity contribution in [1.82, 2.24) is 0 Å². The van der Waals surface area contributed by atoms with Gasteiger partial charge in [-0.25, -0.2) is 0 Å². The van der Waals surface area contributed by atoms with E-state index in [0.29, 0.717) is 0 Å². The number of hydrogen-bond acceptors (Lipinski definition) is 2. The maximum atomic E-state index is 9.80. The van der Waals surface area contributed by atoms with E-state index < -0.39 is 0 Å². The Morgan fingerprint density at radius 1 is 0.483 bits per heavy atom. The molecular formula is C27H24O2. The van der Waals surface area contributed by atoms with E-state index in [2.05, 4.69) is 48.5 Å². The third kappa shape index (κ3) is 4.49. The molecule has 0 bridgehead atoms. The second kappa shape index (κ2) is 8.66. The summed E-state index contributed by atoms with van der Waals surface area (Å²) in [6, 6.07) is 36.0. The lowest BCUT2D eigenvalue weighted by Gasteiger charge is -2.29. The Hall–Kier alpha value is -3.52. The Kier molecular flexibility index (Phi) is 5.62. The van der Waals surface area contributed by atoms with Crippen LogP contribution in [0.15, 0.2) is 109 Å². The van der Waals surface area contributed by atoms with E-state index in [-0.39, 0.29) is 23.3 Å². The highest BCUT2D eigenvalue weighted by Crippen LogP contribution is 2.41. The molecule has 0 aromatic heterocycles. The van der Waals surface area contributed by atoms with Crippen LogP contribution in [0.4, 0.5) is 0 Å². The normalized spacial score (nSPS) is 12.0. The Labute approximate surface area is 171 Å². The summed E-state index contributed by atoms with van der Waals surface area (Å²) >= 11 is 0. The molecule has 0 radical (unpaired) electrons. The Balaban J connectivity index is 1.84. The molecule has 2 heteroatoms. The third-order valence-electron chi connectivity index (χ3n) is 5.43. The van der Waals surface area contributed by atoms with Crippen molar-refractivity contribution in [3.63, 3.8) is 0 Å². The zero-order valence-corrected chi connectivity index (χ0v) is 16.1. The molecule has 4 aromatic carbocycles. The van der Waals surface area contributed by atoms with Gasteiger partial charge in [-0.1, -0.05) is 84.9 Å². The quantitative estimate of drug-likeness (QED) is 0.415. The zero-order chi connectivity index (χ0) is 20.1. The molecule has 0 heterocycles. The standard InChI is InChI=1S/C27H24O2/c28-24-15-11-22(12-16-24)27(23-13-17-25(29)18-14-23)26(21-9-5-2-6-10-21)19-20-7-3-1-4-8-20/h1-18,26-29H,19H2. The van der Waals surface area contributed by atoms with E-state index >= 15 is 0 Å². The predicted molar refractivity (Wildman–Crippen MR) is 117 cm³/mol. The molecule has 0 aliphatic carbocycles. The molecule has 2 N–H and O–H groups in total. The van der Waals surface area contributed by atoms with Gasteiger partial charge in [0.05, 0.1) is 0 Å². The summed E-state index contributed by atoms with van der Waals surface area (Å²) in [7, 11) is 0. The molecule has 4 rings (SSSR count). The van der Waals surface area contributed by atoms with E-state index in [4.69, 9.17) is 0 Å². The van der Waals surface area contributed by atoms with E-state index in [0.717, 1.165) is 17.5 Å². The van der Waals surface area contributed by atoms with Crippen LogP contribution in [0.2, 0.25) is 0 Å². The summed E-state index contributed by atoms with van der Waals surface area (Å²) in [6.45, 7) is 0. The highest BCUT2D eigenvalue weighted by molar-refractivity contribution is 5.42. The van der Waals surface area contributed by atoms with Crippen molar-refractivity contribution in [2.24, 2.45) is 0 Å². The summed E-state index contributed by atoms with van der Waals surface area (Å²) < 4.78 is 0. The topological polar surface area (TPSA) is 40.5 Å². The SMILES string of the molecule is Oc1ccc(C(c2ccc(O)cc2)C(Cc2ccccc2)c2ccccc2)cc1. The van der Waals surface area contributed by atoms with Gasteiger partial charge in [0.2, 0.25) is 0 Å². The summed E-state index contributed by atoms with van der Waals surface area (Å²) in [5.41, 5.74) is 4.82. The van der Waals surface area contributed by atoms with E-state index in [1.165, 1.54) is 11.1 Å². The highest BCUT2D eigenvalue weighted by atomic mass is 16.3. The maximum absolute atomic E-state index is 9.80. The summed E-state index contributed by atoms with van der Waals surface area (Å²) in [5, 5.41) is 19.6. The number of phenols is 2. The molecule has 0 fully saturated rings. The number of rotatable bonds is 6. The predicted octanol–water partition coefficient (Wildman–Crippen LogP) is 6.26. The van der Waals surface area contributed by atoms with Crippen molar-refractivity contribution < 1.29 is 10.2 Å². The first-order valence-electron chi connectivity index (χ1n) is 9.87. The van der Waals surface area contributed by atoms with Crippen LogP contribution in [-0.4, -0.2) is 10.2 Å². The number of benzene rings is 4. The van der Waals surface area contributed by atoms with Gasteiger partial charge in [0.15, 0.2) is 0 Å². The van der Waals surface area contributed by atoms with Gasteiger partial charge in [-0.2, -0.15) is 0 Å². The molecule has 29 heavy (non-hydrogen) atoms. The zero-order valence-electron chi connectivity index (χ0n) is 16.1. The van der Waals surface area contributed by atoms with Gasteiger partial charge in [0, 0.05) is 5.92 Å². The second-order valence-electron chi connectivity index (χ2n) is 7.37. The van der Waals surface area contributed by atoms with Crippen molar-refractivity contribution >= 4 is 0 Å². The fourth-order valence-electron chi connectivity index (χ4n) is 4.02. The summed E-state index contributed by atoms with van der Waals surface area (Å²) in [5.74, 6) is 0.807. The second-order valence-corrected chi connectivity index (χ2v) is 7.37. The van der Waals surface area contributed by atoms with Gasteiger partial charge < -0.3 is 10.2 Å². The van der Waals surface area contributed by atoms with Crippen molar-refractivity contribution in [3.05, 3.63) is 131 Å². The van der Waals surface area contributed by atoms with Crippen molar-refractivity contribution in [2.45, 2.75) is 18.3 Å². The molecule has 0 aliphatic heterocycles. The van der Waals surface area contributed by atoms with Crippen LogP contribution in [0.1, 0.15) is 34.1 Å². The van der Waals surface area contributed by atoms with Gasteiger partial charge in [0.1, 0.15) is 11.5 Å². The van der Waals surface area contributed by atoms with Gasteiger partial charge in [-0.15, -0.1) is 0 Å². The van der Waals surface area contributed by atoms with E-state index in [9.17, 15) is 10.2 Å². The van der Waals surface area contributed by atoms with Crippen molar-refractivity contribution in [2.75, 3.05) is 0 Å². The van der Waals surface area contributed by atoms with Crippen LogP contribution >= 0.6 is 0 Å².